The summed E-state index contributed by atoms with van der Waals surface area (Å²) in [5, 5.41) is 16.7. The molecule has 19 heavy (non-hydrogen) atoms. The van der Waals surface area contributed by atoms with E-state index in [1.54, 1.807) is 0 Å². The van der Waals surface area contributed by atoms with Gasteiger partial charge in [0.15, 0.2) is 0 Å². The highest BCUT2D eigenvalue weighted by Crippen LogP contribution is 2.43. The van der Waals surface area contributed by atoms with Crippen LogP contribution in [0.4, 0.5) is 4.79 Å². The summed E-state index contributed by atoms with van der Waals surface area (Å²) in [6.45, 7) is 2.51. The molecule has 0 saturated heterocycles. The molecule has 0 aliphatic heterocycles. The van der Waals surface area contributed by atoms with Crippen molar-refractivity contribution in [3.63, 3.8) is 0 Å². The topological polar surface area (TPSA) is 108 Å². The Morgan fingerprint density at radius 2 is 1.74 bits per heavy atom. The molecule has 0 bridgehead atoms. The zero-order valence-electron chi connectivity index (χ0n) is 11.1. The molecule has 0 unspecified atom stereocenters. The van der Waals surface area contributed by atoms with Crippen molar-refractivity contribution in [3.05, 3.63) is 0 Å². The molecule has 0 heterocycles. The Morgan fingerprint density at radius 3 is 2.21 bits per heavy atom. The van der Waals surface area contributed by atoms with Gasteiger partial charge in [-0.2, -0.15) is 0 Å². The van der Waals surface area contributed by atoms with E-state index in [0.29, 0.717) is 19.6 Å². The van der Waals surface area contributed by atoms with Gasteiger partial charge < -0.3 is 21.1 Å². The minimum Gasteiger partial charge on any atom is -0.481 e. The molecule has 4 N–H and O–H groups in total. The maximum Gasteiger partial charge on any atom is 0.314 e. The van der Waals surface area contributed by atoms with Crippen molar-refractivity contribution in [3.8, 4) is 0 Å². The van der Waals surface area contributed by atoms with Gasteiger partial charge in [0, 0.05) is 26.6 Å². The van der Waals surface area contributed by atoms with Crippen LogP contribution in [-0.4, -0.2) is 42.6 Å². The Balaban J connectivity index is 2.18. The SMILES string of the molecule is CC(=O)NCCNC(=O)NCC1(CC(=O)O)CCC1. The standard InChI is InChI=1S/C12H21N3O4/c1-9(16)13-5-6-14-11(19)15-8-12(3-2-4-12)7-10(17)18/h2-8H2,1H3,(H,13,16)(H,17,18)(H2,14,15,19). The van der Waals surface area contributed by atoms with E-state index in [9.17, 15) is 14.4 Å². The number of rotatable bonds is 7. The van der Waals surface area contributed by atoms with Crippen LogP contribution < -0.4 is 16.0 Å². The van der Waals surface area contributed by atoms with Crippen molar-refractivity contribution in [2.24, 2.45) is 5.41 Å². The predicted octanol–water partition coefficient (Wildman–Crippen LogP) is 0.0667. The Morgan fingerprint density at radius 1 is 1.11 bits per heavy atom. The van der Waals surface area contributed by atoms with Crippen LogP contribution in [0.2, 0.25) is 0 Å². The van der Waals surface area contributed by atoms with Crippen molar-refractivity contribution in [2.75, 3.05) is 19.6 Å². The molecule has 1 saturated carbocycles. The highest BCUT2D eigenvalue weighted by molar-refractivity contribution is 5.75. The monoisotopic (exact) mass is 271 g/mol. The minimum atomic E-state index is -0.826. The number of nitrogens with one attached hydrogen (secondary N) is 3. The second-order valence-corrected chi connectivity index (χ2v) is 5.02. The van der Waals surface area contributed by atoms with Gasteiger partial charge in [0.05, 0.1) is 6.42 Å². The van der Waals surface area contributed by atoms with Crippen LogP contribution in [0.5, 0.6) is 0 Å². The smallest absolute Gasteiger partial charge is 0.314 e. The molecule has 3 amide bonds. The summed E-state index contributed by atoms with van der Waals surface area (Å²) in [7, 11) is 0. The summed E-state index contributed by atoms with van der Waals surface area (Å²) in [5.41, 5.74) is -0.277. The fraction of sp³-hybridized carbons (Fsp3) is 0.750. The Bertz CT molecular complexity index is 353. The first-order valence-electron chi connectivity index (χ1n) is 6.41. The van der Waals surface area contributed by atoms with Gasteiger partial charge in [-0.05, 0) is 18.3 Å². The highest BCUT2D eigenvalue weighted by Gasteiger charge is 2.39. The number of carboxylic acids is 1. The van der Waals surface area contributed by atoms with Crippen LogP contribution in [0.3, 0.4) is 0 Å². The fourth-order valence-electron chi connectivity index (χ4n) is 2.16. The minimum absolute atomic E-state index is 0.0964. The Labute approximate surface area is 112 Å². The Kier molecular flexibility index (Phi) is 5.59. The van der Waals surface area contributed by atoms with Crippen LogP contribution >= 0.6 is 0 Å². The molecule has 1 aliphatic carbocycles. The van der Waals surface area contributed by atoms with Crippen LogP contribution in [-0.2, 0) is 9.59 Å². The normalized spacial score (nSPS) is 16.1. The lowest BCUT2D eigenvalue weighted by molar-refractivity contribution is -0.141. The van der Waals surface area contributed by atoms with Crippen molar-refractivity contribution in [2.45, 2.75) is 32.6 Å². The fourth-order valence-corrected chi connectivity index (χ4v) is 2.16. The molecule has 0 aromatic rings. The molecule has 0 radical (unpaired) electrons. The first-order valence-corrected chi connectivity index (χ1v) is 6.41. The predicted molar refractivity (Wildman–Crippen MR) is 68.6 cm³/mol. The van der Waals surface area contributed by atoms with E-state index in [4.69, 9.17) is 5.11 Å². The zero-order chi connectivity index (χ0) is 14.3. The van der Waals surface area contributed by atoms with Gasteiger partial charge in [-0.25, -0.2) is 4.79 Å². The van der Waals surface area contributed by atoms with Gasteiger partial charge in [-0.15, -0.1) is 0 Å². The summed E-state index contributed by atoms with van der Waals surface area (Å²) in [5.74, 6) is -0.968. The molecule has 108 valence electrons. The third-order valence-corrected chi connectivity index (χ3v) is 3.35. The van der Waals surface area contributed by atoms with Crippen LogP contribution in [0.25, 0.3) is 0 Å². The van der Waals surface area contributed by atoms with Gasteiger partial charge in [0.25, 0.3) is 0 Å². The van der Waals surface area contributed by atoms with Crippen molar-refractivity contribution in [1.29, 1.82) is 0 Å². The first-order chi connectivity index (χ1) is 8.93. The van der Waals surface area contributed by atoms with E-state index in [1.165, 1.54) is 6.92 Å². The zero-order valence-corrected chi connectivity index (χ0v) is 11.1. The summed E-state index contributed by atoms with van der Waals surface area (Å²) >= 11 is 0. The molecular weight excluding hydrogens is 250 g/mol. The number of aliphatic carboxylic acids is 1. The number of urea groups is 1. The number of carbonyl (C=O) groups excluding carboxylic acids is 2. The third-order valence-electron chi connectivity index (χ3n) is 3.35. The second-order valence-electron chi connectivity index (χ2n) is 5.02. The molecular formula is C12H21N3O4. The molecule has 1 fully saturated rings. The van der Waals surface area contributed by atoms with Crippen molar-refractivity contribution in [1.82, 2.24) is 16.0 Å². The number of hydrogen-bond acceptors (Lipinski definition) is 3. The third kappa shape index (κ3) is 5.58. The molecule has 0 spiro atoms. The molecule has 1 rings (SSSR count). The van der Waals surface area contributed by atoms with Crippen LogP contribution in [0.1, 0.15) is 32.6 Å². The van der Waals surface area contributed by atoms with Gasteiger partial charge in [-0.1, -0.05) is 6.42 Å². The maximum atomic E-state index is 11.5. The van der Waals surface area contributed by atoms with Gasteiger partial charge in [0.2, 0.25) is 5.91 Å². The lowest BCUT2D eigenvalue weighted by atomic mass is 9.66. The summed E-state index contributed by atoms with van der Waals surface area (Å²) < 4.78 is 0. The van der Waals surface area contributed by atoms with E-state index in [1.807, 2.05) is 0 Å². The number of carbonyl (C=O) groups is 3. The largest absolute Gasteiger partial charge is 0.481 e. The Hall–Kier alpha value is -1.79. The first kappa shape index (κ1) is 15.3. The highest BCUT2D eigenvalue weighted by atomic mass is 16.4. The number of amides is 3. The van der Waals surface area contributed by atoms with Gasteiger partial charge >= 0.3 is 12.0 Å². The summed E-state index contributed by atoms with van der Waals surface area (Å²) in [6.07, 6.45) is 2.79. The van der Waals surface area contributed by atoms with E-state index < -0.39 is 5.97 Å². The second kappa shape index (κ2) is 6.96. The van der Waals surface area contributed by atoms with Gasteiger partial charge in [-0.3, -0.25) is 9.59 Å². The van der Waals surface area contributed by atoms with Crippen LogP contribution in [0, 0.1) is 5.41 Å². The lowest BCUT2D eigenvalue weighted by Crippen LogP contribution is -2.47. The number of carboxylic acid groups (broad SMARTS) is 1. The number of hydrogen-bond donors (Lipinski definition) is 4. The summed E-state index contributed by atoms with van der Waals surface area (Å²) in [6, 6.07) is -0.331. The van der Waals surface area contributed by atoms with Gasteiger partial charge in [0.1, 0.15) is 0 Å². The molecule has 0 aromatic carbocycles. The lowest BCUT2D eigenvalue weighted by Gasteiger charge is -2.40. The average molecular weight is 271 g/mol. The van der Waals surface area contributed by atoms with E-state index >= 15 is 0 Å². The quantitative estimate of drug-likeness (QED) is 0.491. The summed E-state index contributed by atoms with van der Waals surface area (Å²) in [4.78, 5) is 32.8. The van der Waals surface area contributed by atoms with E-state index in [2.05, 4.69) is 16.0 Å². The molecule has 7 nitrogen and oxygen atoms in total. The van der Waals surface area contributed by atoms with Crippen LogP contribution in [0.15, 0.2) is 0 Å². The molecule has 7 heteroatoms. The van der Waals surface area contributed by atoms with E-state index in [0.717, 1.165) is 19.3 Å². The molecule has 1 aliphatic rings. The van der Waals surface area contributed by atoms with Crippen molar-refractivity contribution >= 4 is 17.9 Å². The average Bonchev–Trinajstić information content (AvgIpc) is 2.27. The van der Waals surface area contributed by atoms with E-state index in [-0.39, 0.29) is 23.8 Å². The maximum absolute atomic E-state index is 11.5. The molecule has 0 atom stereocenters. The van der Waals surface area contributed by atoms with Crippen molar-refractivity contribution < 1.29 is 19.5 Å². The molecule has 0 aromatic heterocycles.